The van der Waals surface area contributed by atoms with Crippen LogP contribution in [-0.2, 0) is 0 Å². The molecule has 112 valence electrons. The molecule has 5 heteroatoms. The van der Waals surface area contributed by atoms with E-state index in [1.54, 1.807) is 0 Å². The number of nitrogens with zero attached hydrogens (tertiary/aromatic N) is 4. The van der Waals surface area contributed by atoms with Crippen molar-refractivity contribution in [1.29, 1.82) is 0 Å². The minimum Gasteiger partial charge on any atom is -0.355 e. The topological polar surface area (TPSA) is 49.3 Å². The van der Waals surface area contributed by atoms with Gasteiger partial charge >= 0.3 is 0 Å². The lowest BCUT2D eigenvalue weighted by Gasteiger charge is -2.18. The van der Waals surface area contributed by atoms with Crippen LogP contribution < -0.4 is 4.90 Å². The van der Waals surface area contributed by atoms with Gasteiger partial charge in [0.1, 0.15) is 0 Å². The molecule has 2 aliphatic heterocycles. The average Bonchev–Trinajstić information content (AvgIpc) is 3.23. The highest BCUT2D eigenvalue weighted by atomic mass is 16.2. The van der Waals surface area contributed by atoms with Gasteiger partial charge in [-0.15, -0.1) is 10.2 Å². The standard InChI is InChI=1S/C16H22N4O/c21-16(20-10-12-4-3-5-13(12)11-20)14-6-7-15(18-17-14)19-8-1-2-9-19/h6-7,12-13H,1-5,8-11H2/t12-,13-/m1/s1. The number of fused-ring (bicyclic) bond motifs is 1. The highest BCUT2D eigenvalue weighted by Gasteiger charge is 2.38. The monoisotopic (exact) mass is 286 g/mol. The lowest BCUT2D eigenvalue weighted by atomic mass is 10.0. The fraction of sp³-hybridized carbons (Fsp3) is 0.688. The van der Waals surface area contributed by atoms with Gasteiger partial charge in [0.05, 0.1) is 0 Å². The second-order valence-electron chi connectivity index (χ2n) is 6.63. The number of amides is 1. The van der Waals surface area contributed by atoms with Crippen molar-refractivity contribution in [3.05, 3.63) is 17.8 Å². The molecule has 3 aliphatic rings. The predicted octanol–water partition coefficient (Wildman–Crippen LogP) is 1.95. The van der Waals surface area contributed by atoms with Gasteiger partial charge in [0.15, 0.2) is 11.5 Å². The third kappa shape index (κ3) is 2.39. The van der Waals surface area contributed by atoms with Crippen LogP contribution in [0.1, 0.15) is 42.6 Å². The van der Waals surface area contributed by atoms with E-state index in [0.29, 0.717) is 5.69 Å². The number of carbonyl (C=O) groups excluding carboxylic acids is 1. The van der Waals surface area contributed by atoms with Gasteiger partial charge in [0.25, 0.3) is 5.91 Å². The molecular formula is C16H22N4O. The van der Waals surface area contributed by atoms with E-state index in [-0.39, 0.29) is 5.91 Å². The van der Waals surface area contributed by atoms with Gasteiger partial charge in [-0.1, -0.05) is 6.42 Å². The lowest BCUT2D eigenvalue weighted by Crippen LogP contribution is -2.30. The van der Waals surface area contributed by atoms with Crippen LogP contribution in [0.2, 0.25) is 0 Å². The van der Waals surface area contributed by atoms with Crippen molar-refractivity contribution in [1.82, 2.24) is 15.1 Å². The molecule has 0 unspecified atom stereocenters. The molecule has 1 amide bonds. The molecule has 3 heterocycles. The number of likely N-dealkylation sites (tertiary alicyclic amines) is 1. The van der Waals surface area contributed by atoms with Crippen LogP contribution in [0.15, 0.2) is 12.1 Å². The quantitative estimate of drug-likeness (QED) is 0.834. The Labute approximate surface area is 125 Å². The van der Waals surface area contributed by atoms with E-state index in [9.17, 15) is 4.79 Å². The molecule has 1 aromatic rings. The molecule has 5 nitrogen and oxygen atoms in total. The van der Waals surface area contributed by atoms with E-state index in [0.717, 1.165) is 43.8 Å². The molecular weight excluding hydrogens is 264 g/mol. The molecule has 0 spiro atoms. The van der Waals surface area contributed by atoms with Crippen molar-refractivity contribution in [3.8, 4) is 0 Å². The maximum atomic E-state index is 12.5. The number of carbonyl (C=O) groups is 1. The Morgan fingerprint density at radius 2 is 1.71 bits per heavy atom. The molecule has 1 aliphatic carbocycles. The second kappa shape index (κ2) is 5.28. The third-order valence-electron chi connectivity index (χ3n) is 5.31. The second-order valence-corrected chi connectivity index (χ2v) is 6.63. The summed E-state index contributed by atoms with van der Waals surface area (Å²) in [6.45, 7) is 3.94. The van der Waals surface area contributed by atoms with E-state index in [1.807, 2.05) is 17.0 Å². The largest absolute Gasteiger partial charge is 0.355 e. The van der Waals surface area contributed by atoms with E-state index < -0.39 is 0 Å². The van der Waals surface area contributed by atoms with E-state index >= 15 is 0 Å². The van der Waals surface area contributed by atoms with Crippen LogP contribution in [0.3, 0.4) is 0 Å². The molecule has 2 saturated heterocycles. The van der Waals surface area contributed by atoms with Crippen LogP contribution in [0, 0.1) is 11.8 Å². The van der Waals surface area contributed by atoms with E-state index in [1.165, 1.54) is 32.1 Å². The summed E-state index contributed by atoms with van der Waals surface area (Å²) < 4.78 is 0. The molecule has 21 heavy (non-hydrogen) atoms. The van der Waals surface area contributed by atoms with Crippen molar-refractivity contribution < 1.29 is 4.79 Å². The highest BCUT2D eigenvalue weighted by Crippen LogP contribution is 2.38. The van der Waals surface area contributed by atoms with Crippen LogP contribution >= 0.6 is 0 Å². The number of hydrogen-bond acceptors (Lipinski definition) is 4. The highest BCUT2D eigenvalue weighted by molar-refractivity contribution is 5.92. The fourth-order valence-electron chi connectivity index (χ4n) is 4.12. The Kier molecular flexibility index (Phi) is 3.28. The number of hydrogen-bond donors (Lipinski definition) is 0. The minimum atomic E-state index is 0.0601. The summed E-state index contributed by atoms with van der Waals surface area (Å²) >= 11 is 0. The molecule has 0 aromatic carbocycles. The molecule has 1 saturated carbocycles. The molecule has 0 radical (unpaired) electrons. The Morgan fingerprint density at radius 3 is 2.33 bits per heavy atom. The SMILES string of the molecule is O=C(c1ccc(N2CCCC2)nn1)N1C[C@H]2CCC[C@@H]2C1. The first-order chi connectivity index (χ1) is 10.3. The van der Waals surface area contributed by atoms with Gasteiger partial charge in [-0.3, -0.25) is 4.79 Å². The Morgan fingerprint density at radius 1 is 1.00 bits per heavy atom. The first-order valence-corrected chi connectivity index (χ1v) is 8.19. The maximum absolute atomic E-state index is 12.5. The van der Waals surface area contributed by atoms with Crippen molar-refractivity contribution in [3.63, 3.8) is 0 Å². The van der Waals surface area contributed by atoms with Crippen molar-refractivity contribution >= 4 is 11.7 Å². The maximum Gasteiger partial charge on any atom is 0.274 e. The smallest absolute Gasteiger partial charge is 0.274 e. The molecule has 3 fully saturated rings. The normalized spacial score (nSPS) is 28.2. The minimum absolute atomic E-state index is 0.0601. The Balaban J connectivity index is 1.45. The summed E-state index contributed by atoms with van der Waals surface area (Å²) in [6, 6.07) is 3.79. The molecule has 0 bridgehead atoms. The zero-order valence-electron chi connectivity index (χ0n) is 12.4. The summed E-state index contributed by atoms with van der Waals surface area (Å²) in [7, 11) is 0. The summed E-state index contributed by atoms with van der Waals surface area (Å²) in [5.41, 5.74) is 0.498. The number of rotatable bonds is 2. The first kappa shape index (κ1) is 13.0. The molecule has 4 rings (SSSR count). The predicted molar refractivity (Wildman–Crippen MR) is 80.2 cm³/mol. The van der Waals surface area contributed by atoms with Crippen molar-refractivity contribution in [2.75, 3.05) is 31.1 Å². The van der Waals surface area contributed by atoms with Crippen LogP contribution in [0.25, 0.3) is 0 Å². The third-order valence-corrected chi connectivity index (χ3v) is 5.31. The summed E-state index contributed by atoms with van der Waals surface area (Å²) in [4.78, 5) is 16.7. The van der Waals surface area contributed by atoms with Gasteiger partial charge in [-0.05, 0) is 49.7 Å². The molecule has 2 atom stereocenters. The summed E-state index contributed by atoms with van der Waals surface area (Å²) in [6.07, 6.45) is 6.35. The van der Waals surface area contributed by atoms with Gasteiger partial charge in [0, 0.05) is 26.2 Å². The van der Waals surface area contributed by atoms with Crippen LogP contribution in [-0.4, -0.2) is 47.2 Å². The molecule has 0 N–H and O–H groups in total. The van der Waals surface area contributed by atoms with Crippen molar-refractivity contribution in [2.24, 2.45) is 11.8 Å². The van der Waals surface area contributed by atoms with Gasteiger partial charge < -0.3 is 9.80 Å². The summed E-state index contributed by atoms with van der Waals surface area (Å²) in [5.74, 6) is 2.42. The average molecular weight is 286 g/mol. The number of anilines is 1. The Hall–Kier alpha value is -1.65. The van der Waals surface area contributed by atoms with E-state index in [4.69, 9.17) is 0 Å². The van der Waals surface area contributed by atoms with Crippen molar-refractivity contribution in [2.45, 2.75) is 32.1 Å². The Bertz CT molecular complexity index is 512. The summed E-state index contributed by atoms with van der Waals surface area (Å²) in [5, 5.41) is 8.43. The number of aromatic nitrogens is 2. The fourth-order valence-corrected chi connectivity index (χ4v) is 4.12. The first-order valence-electron chi connectivity index (χ1n) is 8.19. The van der Waals surface area contributed by atoms with Gasteiger partial charge in [-0.2, -0.15) is 0 Å². The lowest BCUT2D eigenvalue weighted by molar-refractivity contribution is 0.0773. The van der Waals surface area contributed by atoms with E-state index in [2.05, 4.69) is 15.1 Å². The zero-order chi connectivity index (χ0) is 14.2. The molecule has 1 aromatic heterocycles. The van der Waals surface area contributed by atoms with Gasteiger partial charge in [0.2, 0.25) is 0 Å². The van der Waals surface area contributed by atoms with Gasteiger partial charge in [-0.25, -0.2) is 0 Å². The zero-order valence-corrected chi connectivity index (χ0v) is 12.4. The van der Waals surface area contributed by atoms with Crippen LogP contribution in [0.5, 0.6) is 0 Å². The van der Waals surface area contributed by atoms with Crippen LogP contribution in [0.4, 0.5) is 5.82 Å².